The fourth-order valence-electron chi connectivity index (χ4n) is 8.95. The van der Waals surface area contributed by atoms with Crippen molar-refractivity contribution in [3.63, 3.8) is 0 Å². The molecule has 4 heterocycles. The molecular formula is C37H37FN6O2. The number of benzene rings is 2. The average molecular weight is 617 g/mol. The number of piperazine rings is 1. The van der Waals surface area contributed by atoms with E-state index in [0.29, 0.717) is 60.2 Å². The molecule has 8 nitrogen and oxygen atoms in total. The van der Waals surface area contributed by atoms with Crippen molar-refractivity contribution in [3.8, 4) is 23.1 Å². The number of pyridine rings is 1. The first-order valence-electron chi connectivity index (χ1n) is 16.5. The largest absolute Gasteiger partial charge is 0.475 e. The Labute approximate surface area is 268 Å². The number of aromatic nitrogens is 1. The summed E-state index contributed by atoms with van der Waals surface area (Å²) in [5.41, 5.74) is 5.38. The molecule has 9 heteroatoms. The SMILES string of the molecule is [C-]#[N+]C[C@H]1CN(c2c(C#N)c(OCC34CCCN3CCC4)nc3cc(-c4cccc5c4C4CC4C5)c(F)cc23)CCN1C(=O)C=C. The molecule has 0 radical (unpaired) electrons. The molecule has 46 heavy (non-hydrogen) atoms. The quantitative estimate of drug-likeness (QED) is 0.250. The maximum atomic E-state index is 16.3. The lowest BCUT2D eigenvalue weighted by Gasteiger charge is -2.40. The summed E-state index contributed by atoms with van der Waals surface area (Å²) in [6.07, 6.45) is 7.87. The normalized spacial score (nSPS) is 24.2. The van der Waals surface area contributed by atoms with Gasteiger partial charge in [-0.2, -0.15) is 5.26 Å². The lowest BCUT2D eigenvalue weighted by atomic mass is 9.92. The Balaban J connectivity index is 1.26. The minimum Gasteiger partial charge on any atom is -0.475 e. The van der Waals surface area contributed by atoms with E-state index < -0.39 is 6.04 Å². The molecule has 3 saturated heterocycles. The molecule has 234 valence electrons. The van der Waals surface area contributed by atoms with Crippen molar-refractivity contribution in [1.82, 2.24) is 14.8 Å². The maximum Gasteiger partial charge on any atom is 0.246 e. The van der Waals surface area contributed by atoms with Gasteiger partial charge in [0, 0.05) is 30.6 Å². The second kappa shape index (κ2) is 11.1. The summed E-state index contributed by atoms with van der Waals surface area (Å²) in [5.74, 6) is 0.859. The van der Waals surface area contributed by atoms with Crippen LogP contribution in [0.25, 0.3) is 26.9 Å². The molecule has 3 aliphatic heterocycles. The van der Waals surface area contributed by atoms with Gasteiger partial charge in [-0.15, -0.1) is 0 Å². The number of carbonyl (C=O) groups excluding carboxylic acids is 1. The van der Waals surface area contributed by atoms with Gasteiger partial charge in [-0.1, -0.05) is 24.8 Å². The Bertz CT molecular complexity index is 1850. The molecule has 3 atom stereocenters. The van der Waals surface area contributed by atoms with Gasteiger partial charge >= 0.3 is 0 Å². The minimum absolute atomic E-state index is 0.0414. The van der Waals surface area contributed by atoms with Crippen LogP contribution in [0.4, 0.5) is 10.1 Å². The van der Waals surface area contributed by atoms with E-state index in [4.69, 9.17) is 16.3 Å². The topological polar surface area (TPSA) is 77.1 Å². The summed E-state index contributed by atoms with van der Waals surface area (Å²) in [5, 5.41) is 11.2. The third-order valence-electron chi connectivity index (χ3n) is 11.2. The maximum absolute atomic E-state index is 16.3. The van der Waals surface area contributed by atoms with E-state index in [1.54, 1.807) is 4.90 Å². The summed E-state index contributed by atoms with van der Waals surface area (Å²) < 4.78 is 22.9. The molecule has 2 aliphatic carbocycles. The molecule has 1 saturated carbocycles. The van der Waals surface area contributed by atoms with Crippen molar-refractivity contribution < 1.29 is 13.9 Å². The van der Waals surface area contributed by atoms with E-state index in [0.717, 1.165) is 57.2 Å². The Kier molecular flexibility index (Phi) is 6.99. The zero-order chi connectivity index (χ0) is 31.6. The fraction of sp³-hybridized carbons (Fsp3) is 0.459. The smallest absolute Gasteiger partial charge is 0.246 e. The van der Waals surface area contributed by atoms with Crippen molar-refractivity contribution in [1.29, 1.82) is 5.26 Å². The molecule has 0 spiro atoms. The van der Waals surface area contributed by atoms with Gasteiger partial charge in [-0.25, -0.2) is 15.9 Å². The number of carbonyl (C=O) groups is 1. The van der Waals surface area contributed by atoms with Crippen LogP contribution in [0.5, 0.6) is 5.88 Å². The van der Waals surface area contributed by atoms with Crippen LogP contribution in [0, 0.1) is 29.6 Å². The molecule has 1 amide bonds. The van der Waals surface area contributed by atoms with Gasteiger partial charge in [-0.05, 0) is 98.3 Å². The Morgan fingerprint density at radius 3 is 2.80 bits per heavy atom. The number of hydrogen-bond donors (Lipinski definition) is 0. The summed E-state index contributed by atoms with van der Waals surface area (Å²) in [6.45, 7) is 15.0. The number of hydrogen-bond acceptors (Lipinski definition) is 6. The first kappa shape index (κ1) is 29.0. The van der Waals surface area contributed by atoms with E-state index in [1.165, 1.54) is 23.3 Å². The van der Waals surface area contributed by atoms with Gasteiger partial charge in [0.15, 0.2) is 0 Å². The molecule has 0 N–H and O–H groups in total. The van der Waals surface area contributed by atoms with Gasteiger partial charge in [0.1, 0.15) is 30.1 Å². The average Bonchev–Trinajstić information content (AvgIpc) is 3.35. The van der Waals surface area contributed by atoms with Crippen LogP contribution in [0.3, 0.4) is 0 Å². The fourth-order valence-corrected chi connectivity index (χ4v) is 8.95. The molecule has 3 aromatic rings. The van der Waals surface area contributed by atoms with Crippen LogP contribution in [-0.4, -0.2) is 78.1 Å². The highest BCUT2D eigenvalue weighted by Gasteiger charge is 2.47. The van der Waals surface area contributed by atoms with Crippen molar-refractivity contribution in [2.24, 2.45) is 5.92 Å². The summed E-state index contributed by atoms with van der Waals surface area (Å²) >= 11 is 0. The first-order chi connectivity index (χ1) is 22.4. The minimum atomic E-state index is -0.400. The highest BCUT2D eigenvalue weighted by Crippen LogP contribution is 2.59. The molecule has 2 unspecified atom stereocenters. The summed E-state index contributed by atoms with van der Waals surface area (Å²) in [4.78, 5) is 27.4. The number of fused-ring (bicyclic) bond motifs is 5. The molecule has 4 fully saturated rings. The van der Waals surface area contributed by atoms with Gasteiger partial charge < -0.3 is 19.4 Å². The molecular weight excluding hydrogens is 579 g/mol. The second-order valence-corrected chi connectivity index (χ2v) is 13.7. The molecule has 8 rings (SSSR count). The van der Waals surface area contributed by atoms with Crippen LogP contribution in [0.15, 0.2) is 43.0 Å². The molecule has 1 aromatic heterocycles. The van der Waals surface area contributed by atoms with Crippen LogP contribution in [0.1, 0.15) is 54.7 Å². The van der Waals surface area contributed by atoms with Crippen LogP contribution in [-0.2, 0) is 11.2 Å². The number of anilines is 1. The predicted molar refractivity (Wildman–Crippen MR) is 174 cm³/mol. The van der Waals surface area contributed by atoms with Crippen molar-refractivity contribution in [3.05, 3.63) is 76.9 Å². The van der Waals surface area contributed by atoms with E-state index in [-0.39, 0.29) is 35.3 Å². The Morgan fingerprint density at radius 1 is 1.22 bits per heavy atom. The van der Waals surface area contributed by atoms with Crippen molar-refractivity contribution in [2.75, 3.05) is 50.8 Å². The number of ether oxygens (including phenoxy) is 1. The highest BCUT2D eigenvalue weighted by molar-refractivity contribution is 5.99. The third kappa shape index (κ3) is 4.55. The predicted octanol–water partition coefficient (Wildman–Crippen LogP) is 5.70. The van der Waals surface area contributed by atoms with E-state index >= 15 is 4.39 Å². The zero-order valence-electron chi connectivity index (χ0n) is 26.0. The zero-order valence-corrected chi connectivity index (χ0v) is 26.0. The van der Waals surface area contributed by atoms with E-state index in [9.17, 15) is 10.1 Å². The Hall–Kier alpha value is -4.47. The van der Waals surface area contributed by atoms with Crippen LogP contribution >= 0.6 is 0 Å². The van der Waals surface area contributed by atoms with Crippen molar-refractivity contribution in [2.45, 2.75) is 56.0 Å². The van der Waals surface area contributed by atoms with Crippen molar-refractivity contribution >= 4 is 22.5 Å². The van der Waals surface area contributed by atoms with Crippen LogP contribution in [0.2, 0.25) is 0 Å². The van der Waals surface area contributed by atoms with E-state index in [1.807, 2.05) is 23.1 Å². The van der Waals surface area contributed by atoms with Gasteiger partial charge in [0.2, 0.25) is 18.3 Å². The monoisotopic (exact) mass is 616 g/mol. The number of halogens is 1. The van der Waals surface area contributed by atoms with Gasteiger partial charge in [-0.3, -0.25) is 9.69 Å². The van der Waals surface area contributed by atoms with Crippen LogP contribution < -0.4 is 9.64 Å². The molecule has 0 bridgehead atoms. The summed E-state index contributed by atoms with van der Waals surface area (Å²) in [6, 6.07) is 11.5. The lowest BCUT2D eigenvalue weighted by Crippen LogP contribution is -2.56. The van der Waals surface area contributed by atoms with Gasteiger partial charge in [0.05, 0.1) is 16.7 Å². The van der Waals surface area contributed by atoms with Gasteiger partial charge in [0.25, 0.3) is 0 Å². The number of nitriles is 1. The second-order valence-electron chi connectivity index (χ2n) is 13.7. The number of nitrogens with zero attached hydrogens (tertiary/aromatic N) is 6. The third-order valence-corrected chi connectivity index (χ3v) is 11.2. The molecule has 2 aromatic carbocycles. The standard InChI is InChI=1S/C37H37FN6O2/c1-3-33(45)44-14-13-42(21-25(44)20-40-2)35-29-17-31(38)28(26-8-4-7-23-15-24-16-27(24)34(23)26)18-32(29)41-36(30(35)19-39)46-22-37-9-5-11-43(37)12-6-10-37/h3-4,7-8,17-18,24-25,27H,1,5-6,9-16,20-22H2/t24?,25-,27?/m0/s1. The van der Waals surface area contributed by atoms with E-state index in [2.05, 4.69) is 28.5 Å². The number of rotatable bonds is 7. The molecule has 5 aliphatic rings. The lowest BCUT2D eigenvalue weighted by molar-refractivity contribution is -0.128. The first-order valence-corrected chi connectivity index (χ1v) is 16.5. The highest BCUT2D eigenvalue weighted by atomic mass is 19.1. The summed E-state index contributed by atoms with van der Waals surface area (Å²) in [7, 11) is 0. The number of amides is 1. The Morgan fingerprint density at radius 2 is 2.04 bits per heavy atom.